The molecule has 2 N–H and O–H groups in total. The standard InChI is InChI=1S/C21H25F2N5/c1-15-27-19-6-3-4-7-20(19)28(15)11-5-9-25-21(24-2)26-10-8-16-12-17(22)14-18(23)13-16/h3-4,6-7,12-14H,5,8-11H2,1-2H3,(H2,24,25,26). The Morgan fingerprint density at radius 1 is 1.07 bits per heavy atom. The highest BCUT2D eigenvalue weighted by molar-refractivity contribution is 5.79. The van der Waals surface area contributed by atoms with Crippen LogP contribution in [0.1, 0.15) is 17.8 Å². The molecule has 0 spiro atoms. The van der Waals surface area contributed by atoms with Crippen LogP contribution in [0.3, 0.4) is 0 Å². The minimum atomic E-state index is -0.556. The summed E-state index contributed by atoms with van der Waals surface area (Å²) in [5.74, 6) is 0.565. The number of rotatable bonds is 7. The molecule has 0 saturated heterocycles. The molecule has 3 rings (SSSR count). The first-order valence-corrected chi connectivity index (χ1v) is 9.38. The second-order valence-corrected chi connectivity index (χ2v) is 6.61. The number of fused-ring (bicyclic) bond motifs is 1. The maximum absolute atomic E-state index is 13.2. The fourth-order valence-electron chi connectivity index (χ4n) is 3.22. The molecule has 0 unspecified atom stereocenters. The molecule has 2 aromatic carbocycles. The van der Waals surface area contributed by atoms with Gasteiger partial charge in [-0.1, -0.05) is 12.1 Å². The van der Waals surface area contributed by atoms with Crippen molar-refractivity contribution in [1.82, 2.24) is 20.2 Å². The number of hydrogen-bond acceptors (Lipinski definition) is 2. The number of aryl methyl sites for hydroxylation is 2. The van der Waals surface area contributed by atoms with Crippen molar-refractivity contribution in [2.24, 2.45) is 4.99 Å². The number of halogens is 2. The highest BCUT2D eigenvalue weighted by Crippen LogP contribution is 2.15. The first-order valence-electron chi connectivity index (χ1n) is 9.38. The first kappa shape index (κ1) is 19.8. The summed E-state index contributed by atoms with van der Waals surface area (Å²) in [6.07, 6.45) is 1.42. The van der Waals surface area contributed by atoms with Gasteiger partial charge in [0.2, 0.25) is 0 Å². The maximum Gasteiger partial charge on any atom is 0.190 e. The number of aromatic nitrogens is 2. The molecule has 28 heavy (non-hydrogen) atoms. The number of para-hydroxylation sites is 2. The molecule has 0 fully saturated rings. The third kappa shape index (κ3) is 5.06. The lowest BCUT2D eigenvalue weighted by atomic mass is 10.1. The zero-order valence-corrected chi connectivity index (χ0v) is 16.2. The number of nitrogens with zero attached hydrogens (tertiary/aromatic N) is 3. The van der Waals surface area contributed by atoms with Crippen LogP contribution < -0.4 is 10.6 Å². The molecule has 1 heterocycles. The van der Waals surface area contributed by atoms with Gasteiger partial charge in [0.25, 0.3) is 0 Å². The SMILES string of the molecule is CN=C(NCCCn1c(C)nc2ccccc21)NCCc1cc(F)cc(F)c1. The maximum atomic E-state index is 13.2. The first-order chi connectivity index (χ1) is 13.6. The smallest absolute Gasteiger partial charge is 0.190 e. The lowest BCUT2D eigenvalue weighted by Crippen LogP contribution is -2.39. The van der Waals surface area contributed by atoms with Crippen molar-refractivity contribution in [2.45, 2.75) is 26.3 Å². The van der Waals surface area contributed by atoms with Crippen LogP contribution in [0.4, 0.5) is 8.78 Å². The van der Waals surface area contributed by atoms with Crippen molar-refractivity contribution >= 4 is 17.0 Å². The molecule has 148 valence electrons. The fourth-order valence-corrected chi connectivity index (χ4v) is 3.22. The largest absolute Gasteiger partial charge is 0.356 e. The highest BCUT2D eigenvalue weighted by Gasteiger charge is 2.06. The van der Waals surface area contributed by atoms with Crippen LogP contribution in [0.5, 0.6) is 0 Å². The Morgan fingerprint density at radius 2 is 1.79 bits per heavy atom. The van der Waals surface area contributed by atoms with Gasteiger partial charge in [0.05, 0.1) is 11.0 Å². The molecular formula is C21H25F2N5. The number of nitrogens with one attached hydrogen (secondary N) is 2. The molecule has 5 nitrogen and oxygen atoms in total. The van der Waals surface area contributed by atoms with Gasteiger partial charge in [-0.2, -0.15) is 0 Å². The predicted molar refractivity (Wildman–Crippen MR) is 109 cm³/mol. The number of aliphatic imine (C=N–C) groups is 1. The summed E-state index contributed by atoms with van der Waals surface area (Å²) >= 11 is 0. The summed E-state index contributed by atoms with van der Waals surface area (Å²) in [5.41, 5.74) is 2.77. The lowest BCUT2D eigenvalue weighted by Gasteiger charge is -2.13. The predicted octanol–water partition coefficient (Wildman–Crippen LogP) is 3.42. The molecular weight excluding hydrogens is 360 g/mol. The molecule has 0 atom stereocenters. The topological polar surface area (TPSA) is 54.2 Å². The van der Waals surface area contributed by atoms with Crippen LogP contribution in [0, 0.1) is 18.6 Å². The number of guanidine groups is 1. The Hall–Kier alpha value is -2.96. The minimum Gasteiger partial charge on any atom is -0.356 e. The molecule has 0 aliphatic rings. The van der Waals surface area contributed by atoms with Gasteiger partial charge in [-0.3, -0.25) is 4.99 Å². The van der Waals surface area contributed by atoms with Crippen LogP contribution in [0.25, 0.3) is 11.0 Å². The normalized spacial score (nSPS) is 11.8. The summed E-state index contributed by atoms with van der Waals surface area (Å²) in [6.45, 7) is 4.16. The third-order valence-electron chi connectivity index (χ3n) is 4.55. The summed E-state index contributed by atoms with van der Waals surface area (Å²) in [7, 11) is 1.70. The van der Waals surface area contributed by atoms with E-state index in [1.807, 2.05) is 25.1 Å². The van der Waals surface area contributed by atoms with E-state index in [9.17, 15) is 8.78 Å². The van der Waals surface area contributed by atoms with Gasteiger partial charge in [-0.25, -0.2) is 13.8 Å². The van der Waals surface area contributed by atoms with E-state index >= 15 is 0 Å². The molecule has 7 heteroatoms. The van der Waals surface area contributed by atoms with E-state index in [0.717, 1.165) is 42.4 Å². The molecule has 0 bridgehead atoms. The monoisotopic (exact) mass is 385 g/mol. The van der Waals surface area contributed by atoms with Crippen LogP contribution in [-0.2, 0) is 13.0 Å². The number of hydrogen-bond donors (Lipinski definition) is 2. The highest BCUT2D eigenvalue weighted by atomic mass is 19.1. The number of imidazole rings is 1. The van der Waals surface area contributed by atoms with E-state index in [1.165, 1.54) is 12.1 Å². The van der Waals surface area contributed by atoms with Gasteiger partial charge in [0, 0.05) is 32.7 Å². The molecule has 3 aromatic rings. The Balaban J connectivity index is 1.43. The second kappa shape index (κ2) is 9.30. The van der Waals surface area contributed by atoms with Crippen LogP contribution >= 0.6 is 0 Å². The van der Waals surface area contributed by atoms with Gasteiger partial charge in [0.15, 0.2) is 5.96 Å². The fraction of sp³-hybridized carbons (Fsp3) is 0.333. The molecule has 0 aliphatic heterocycles. The zero-order chi connectivity index (χ0) is 19.9. The van der Waals surface area contributed by atoms with Crippen molar-refractivity contribution in [1.29, 1.82) is 0 Å². The summed E-state index contributed by atoms with van der Waals surface area (Å²) in [4.78, 5) is 8.76. The lowest BCUT2D eigenvalue weighted by molar-refractivity contribution is 0.579. The van der Waals surface area contributed by atoms with Gasteiger partial charge < -0.3 is 15.2 Å². The van der Waals surface area contributed by atoms with Crippen LogP contribution in [0.15, 0.2) is 47.5 Å². The van der Waals surface area contributed by atoms with E-state index in [2.05, 4.69) is 31.2 Å². The molecule has 1 aromatic heterocycles. The minimum absolute atomic E-state index is 0.510. The summed E-state index contributed by atoms with van der Waals surface area (Å²) in [6, 6.07) is 11.7. The Bertz CT molecular complexity index is 944. The number of benzene rings is 2. The summed E-state index contributed by atoms with van der Waals surface area (Å²) in [5, 5.41) is 6.43. The average molecular weight is 385 g/mol. The molecule has 0 amide bonds. The van der Waals surface area contributed by atoms with E-state index in [1.54, 1.807) is 7.05 Å². The molecule has 0 aliphatic carbocycles. The summed E-state index contributed by atoms with van der Waals surface area (Å²) < 4.78 is 28.7. The second-order valence-electron chi connectivity index (χ2n) is 6.61. The Labute approximate surface area is 163 Å². The van der Waals surface area contributed by atoms with Crippen molar-refractivity contribution in [3.8, 4) is 0 Å². The van der Waals surface area contributed by atoms with Crippen LogP contribution in [-0.4, -0.2) is 35.6 Å². The van der Waals surface area contributed by atoms with Gasteiger partial charge in [0.1, 0.15) is 17.5 Å². The van der Waals surface area contributed by atoms with Crippen molar-refractivity contribution in [3.63, 3.8) is 0 Å². The Morgan fingerprint density at radius 3 is 2.54 bits per heavy atom. The third-order valence-corrected chi connectivity index (χ3v) is 4.55. The Kier molecular flexibility index (Phi) is 6.57. The molecule has 0 radical (unpaired) electrons. The molecule has 0 saturated carbocycles. The quantitative estimate of drug-likeness (QED) is 0.372. The average Bonchev–Trinajstić information content (AvgIpc) is 2.98. The van der Waals surface area contributed by atoms with Crippen molar-refractivity contribution in [3.05, 3.63) is 65.5 Å². The van der Waals surface area contributed by atoms with E-state index in [-0.39, 0.29) is 0 Å². The van der Waals surface area contributed by atoms with Gasteiger partial charge in [-0.15, -0.1) is 0 Å². The van der Waals surface area contributed by atoms with E-state index in [0.29, 0.717) is 24.5 Å². The van der Waals surface area contributed by atoms with Gasteiger partial charge in [-0.05, 0) is 49.6 Å². The van der Waals surface area contributed by atoms with E-state index in [4.69, 9.17) is 0 Å². The van der Waals surface area contributed by atoms with Crippen LogP contribution in [0.2, 0.25) is 0 Å². The van der Waals surface area contributed by atoms with Crippen molar-refractivity contribution < 1.29 is 8.78 Å². The van der Waals surface area contributed by atoms with Crippen molar-refractivity contribution in [2.75, 3.05) is 20.1 Å². The van der Waals surface area contributed by atoms with E-state index < -0.39 is 11.6 Å². The zero-order valence-electron chi connectivity index (χ0n) is 16.2. The van der Waals surface area contributed by atoms with Gasteiger partial charge >= 0.3 is 0 Å².